The number of nitrogens with one attached hydrogen (secondary N) is 1. The molecule has 0 aliphatic carbocycles. The van der Waals surface area contributed by atoms with Gasteiger partial charge in [0, 0.05) is 11.0 Å². The average molecular weight is 350 g/mol. The molecule has 0 atom stereocenters. The zero-order chi connectivity index (χ0) is 16.2. The predicted octanol–water partition coefficient (Wildman–Crippen LogP) is 3.81. The highest BCUT2D eigenvalue weighted by molar-refractivity contribution is 7.10. The van der Waals surface area contributed by atoms with E-state index in [1.807, 2.05) is 24.4 Å². The van der Waals surface area contributed by atoms with E-state index in [1.165, 1.54) is 11.6 Å². The number of thiophene rings is 1. The van der Waals surface area contributed by atoms with Gasteiger partial charge in [-0.2, -0.15) is 0 Å². The number of amides is 1. The zero-order valence-electron chi connectivity index (χ0n) is 12.6. The molecule has 120 valence electrons. The third kappa shape index (κ3) is 3.86. The minimum Gasteiger partial charge on any atom is -0.486 e. The van der Waals surface area contributed by atoms with Crippen molar-refractivity contribution in [1.29, 1.82) is 0 Å². The summed E-state index contributed by atoms with van der Waals surface area (Å²) >= 11 is 7.81. The van der Waals surface area contributed by atoms with Crippen LogP contribution < -0.4 is 14.8 Å². The van der Waals surface area contributed by atoms with Crippen LogP contribution in [0.2, 0.25) is 5.02 Å². The van der Waals surface area contributed by atoms with Crippen LogP contribution in [0, 0.1) is 6.92 Å². The lowest BCUT2D eigenvalue weighted by atomic mass is 10.1. The Labute approximate surface area is 143 Å². The number of carbonyl (C=O) groups is 1. The first-order chi connectivity index (χ1) is 11.1. The molecule has 2 aromatic rings. The second kappa shape index (κ2) is 7.06. The van der Waals surface area contributed by atoms with Gasteiger partial charge >= 0.3 is 0 Å². The standard InChI is InChI=1S/C17H16ClNO3S/c1-11-4-7-23-15(11)10-19-16(20)3-2-12-8-13(18)17-14(9-12)21-5-6-22-17/h2-4,7-9H,5-6,10H2,1H3,(H,19,20). The number of aryl methyl sites for hydroxylation is 1. The molecule has 4 nitrogen and oxygen atoms in total. The zero-order valence-corrected chi connectivity index (χ0v) is 14.2. The Bertz CT molecular complexity index is 754. The molecular formula is C17H16ClNO3S. The molecule has 1 aromatic heterocycles. The van der Waals surface area contributed by atoms with Crippen LogP contribution >= 0.6 is 22.9 Å². The fraction of sp³-hybridized carbons (Fsp3) is 0.235. The molecule has 0 bridgehead atoms. The van der Waals surface area contributed by atoms with E-state index in [9.17, 15) is 4.79 Å². The maximum Gasteiger partial charge on any atom is 0.244 e. The molecule has 1 N–H and O–H groups in total. The first-order valence-electron chi connectivity index (χ1n) is 7.21. The summed E-state index contributed by atoms with van der Waals surface area (Å²) in [6.07, 6.45) is 3.20. The van der Waals surface area contributed by atoms with Gasteiger partial charge in [-0.3, -0.25) is 4.79 Å². The third-order valence-corrected chi connectivity index (χ3v) is 4.74. The van der Waals surface area contributed by atoms with Crippen molar-refractivity contribution in [2.24, 2.45) is 0 Å². The number of hydrogen-bond acceptors (Lipinski definition) is 4. The molecule has 1 aliphatic heterocycles. The summed E-state index contributed by atoms with van der Waals surface area (Å²) in [5, 5.41) is 5.37. The van der Waals surface area contributed by atoms with Gasteiger partial charge in [0.05, 0.1) is 11.6 Å². The summed E-state index contributed by atoms with van der Waals surface area (Å²) in [5.74, 6) is 1.02. The van der Waals surface area contributed by atoms with Crippen LogP contribution in [0.25, 0.3) is 6.08 Å². The summed E-state index contributed by atoms with van der Waals surface area (Å²) < 4.78 is 11.0. The highest BCUT2D eigenvalue weighted by atomic mass is 35.5. The van der Waals surface area contributed by atoms with Crippen molar-refractivity contribution in [1.82, 2.24) is 5.32 Å². The first-order valence-corrected chi connectivity index (χ1v) is 8.47. The SMILES string of the molecule is Cc1ccsc1CNC(=O)C=Cc1cc(Cl)c2c(c1)OCCO2. The molecule has 23 heavy (non-hydrogen) atoms. The quantitative estimate of drug-likeness (QED) is 0.854. The molecular weight excluding hydrogens is 334 g/mol. The van der Waals surface area contributed by atoms with Crippen LogP contribution in [-0.4, -0.2) is 19.1 Å². The highest BCUT2D eigenvalue weighted by Crippen LogP contribution is 2.38. The summed E-state index contributed by atoms with van der Waals surface area (Å²) in [4.78, 5) is 13.1. The van der Waals surface area contributed by atoms with Gasteiger partial charge in [-0.1, -0.05) is 11.6 Å². The number of carbonyl (C=O) groups excluding carboxylic acids is 1. The normalized spacial score (nSPS) is 13.3. The Morgan fingerprint density at radius 3 is 3.00 bits per heavy atom. The second-order valence-electron chi connectivity index (χ2n) is 5.10. The number of benzene rings is 1. The Balaban J connectivity index is 1.64. The molecule has 0 fully saturated rings. The van der Waals surface area contributed by atoms with Crippen molar-refractivity contribution >= 4 is 34.9 Å². The number of halogens is 1. The van der Waals surface area contributed by atoms with Crippen LogP contribution in [0.5, 0.6) is 11.5 Å². The molecule has 1 amide bonds. The van der Waals surface area contributed by atoms with E-state index in [0.717, 1.165) is 10.4 Å². The maximum atomic E-state index is 11.9. The number of hydrogen-bond donors (Lipinski definition) is 1. The largest absolute Gasteiger partial charge is 0.486 e. The Hall–Kier alpha value is -1.98. The molecule has 0 saturated carbocycles. The lowest BCUT2D eigenvalue weighted by Crippen LogP contribution is -2.20. The van der Waals surface area contributed by atoms with Crippen LogP contribution in [0.1, 0.15) is 16.0 Å². The average Bonchev–Trinajstić information content (AvgIpc) is 2.96. The number of fused-ring (bicyclic) bond motifs is 1. The molecule has 0 unspecified atom stereocenters. The molecule has 1 aromatic carbocycles. The maximum absolute atomic E-state index is 11.9. The molecule has 0 spiro atoms. The van der Waals surface area contributed by atoms with Gasteiger partial charge in [-0.25, -0.2) is 0 Å². The van der Waals surface area contributed by atoms with Gasteiger partial charge in [-0.05, 0) is 47.7 Å². The van der Waals surface area contributed by atoms with Gasteiger partial charge in [-0.15, -0.1) is 11.3 Å². The van der Waals surface area contributed by atoms with Crippen LogP contribution in [-0.2, 0) is 11.3 Å². The molecule has 1 aliphatic rings. The van der Waals surface area contributed by atoms with Gasteiger partial charge in [0.2, 0.25) is 5.91 Å². The van der Waals surface area contributed by atoms with Gasteiger partial charge < -0.3 is 14.8 Å². The summed E-state index contributed by atoms with van der Waals surface area (Å²) in [5.41, 5.74) is 1.99. The summed E-state index contributed by atoms with van der Waals surface area (Å²) in [6, 6.07) is 5.61. The van der Waals surface area contributed by atoms with E-state index < -0.39 is 0 Å². The fourth-order valence-electron chi connectivity index (χ4n) is 2.21. The molecule has 0 saturated heterocycles. The molecule has 6 heteroatoms. The molecule has 2 heterocycles. The molecule has 3 rings (SSSR count). The van der Waals surface area contributed by atoms with Crippen LogP contribution in [0.3, 0.4) is 0 Å². The fourth-order valence-corrected chi connectivity index (χ4v) is 3.33. The Morgan fingerprint density at radius 1 is 1.39 bits per heavy atom. The first kappa shape index (κ1) is 15.9. The van der Waals surface area contributed by atoms with E-state index in [0.29, 0.717) is 36.3 Å². The van der Waals surface area contributed by atoms with E-state index in [-0.39, 0.29) is 5.91 Å². The van der Waals surface area contributed by atoms with E-state index in [1.54, 1.807) is 23.5 Å². The van der Waals surface area contributed by atoms with Crippen molar-refractivity contribution in [3.63, 3.8) is 0 Å². The van der Waals surface area contributed by atoms with Crippen molar-refractivity contribution in [3.8, 4) is 11.5 Å². The van der Waals surface area contributed by atoms with Crippen molar-refractivity contribution in [2.75, 3.05) is 13.2 Å². The van der Waals surface area contributed by atoms with Gasteiger partial charge in [0.15, 0.2) is 11.5 Å². The van der Waals surface area contributed by atoms with Crippen molar-refractivity contribution < 1.29 is 14.3 Å². The summed E-state index contributed by atoms with van der Waals surface area (Å²) in [7, 11) is 0. The van der Waals surface area contributed by atoms with Crippen molar-refractivity contribution in [2.45, 2.75) is 13.5 Å². The third-order valence-electron chi connectivity index (χ3n) is 3.44. The van der Waals surface area contributed by atoms with E-state index in [2.05, 4.69) is 5.32 Å². The van der Waals surface area contributed by atoms with Crippen LogP contribution in [0.15, 0.2) is 29.7 Å². The van der Waals surface area contributed by atoms with E-state index >= 15 is 0 Å². The van der Waals surface area contributed by atoms with Gasteiger partial charge in [0.25, 0.3) is 0 Å². The predicted molar refractivity (Wildman–Crippen MR) is 92.4 cm³/mol. The Morgan fingerprint density at radius 2 is 2.22 bits per heavy atom. The van der Waals surface area contributed by atoms with E-state index in [4.69, 9.17) is 21.1 Å². The second-order valence-corrected chi connectivity index (χ2v) is 6.51. The lowest BCUT2D eigenvalue weighted by Gasteiger charge is -2.19. The lowest BCUT2D eigenvalue weighted by molar-refractivity contribution is -0.116. The topological polar surface area (TPSA) is 47.6 Å². The van der Waals surface area contributed by atoms with Crippen LogP contribution in [0.4, 0.5) is 0 Å². The molecule has 0 radical (unpaired) electrons. The monoisotopic (exact) mass is 349 g/mol. The number of ether oxygens (including phenoxy) is 2. The van der Waals surface area contributed by atoms with Crippen molar-refractivity contribution in [3.05, 3.63) is 50.7 Å². The minimum atomic E-state index is -0.149. The minimum absolute atomic E-state index is 0.149. The highest BCUT2D eigenvalue weighted by Gasteiger charge is 2.15. The van der Waals surface area contributed by atoms with Gasteiger partial charge in [0.1, 0.15) is 13.2 Å². The number of rotatable bonds is 4. The smallest absolute Gasteiger partial charge is 0.244 e. The Kier molecular flexibility index (Phi) is 4.88. The summed E-state index contributed by atoms with van der Waals surface area (Å²) in [6.45, 7) is 3.56.